The summed E-state index contributed by atoms with van der Waals surface area (Å²) in [6.45, 7) is 0.315. The van der Waals surface area contributed by atoms with Crippen molar-refractivity contribution in [3.63, 3.8) is 0 Å². The van der Waals surface area contributed by atoms with E-state index < -0.39 is 11.7 Å². The van der Waals surface area contributed by atoms with Crippen molar-refractivity contribution < 1.29 is 19.4 Å². The molecular weight excluding hydrogens is 285 g/mol. The Morgan fingerprint density at radius 1 is 1.09 bits per heavy atom. The zero-order valence-corrected chi connectivity index (χ0v) is 12.1. The van der Waals surface area contributed by atoms with E-state index in [9.17, 15) is 14.3 Å². The summed E-state index contributed by atoms with van der Waals surface area (Å²) in [4.78, 5) is 13.8. The maximum Gasteiger partial charge on any atom is 0.256 e. The van der Waals surface area contributed by atoms with Gasteiger partial charge in [0.15, 0.2) is 0 Å². The van der Waals surface area contributed by atoms with Crippen LogP contribution in [0.3, 0.4) is 0 Å². The molecule has 0 aliphatic heterocycles. The van der Waals surface area contributed by atoms with Gasteiger partial charge in [0.05, 0.1) is 12.2 Å². The number of hydrogen-bond donors (Lipinski definition) is 2. The molecule has 1 amide bonds. The SMILES string of the molecule is O=C(c1ccc(O)cc1F)N(CCO)CCc1ccccc1. The Kier molecular flexibility index (Phi) is 5.49. The molecule has 0 aromatic heterocycles. The molecule has 2 aromatic rings. The van der Waals surface area contributed by atoms with Crippen LogP contribution in [0.5, 0.6) is 5.75 Å². The lowest BCUT2D eigenvalue weighted by Crippen LogP contribution is -2.35. The number of benzene rings is 2. The summed E-state index contributed by atoms with van der Waals surface area (Å²) >= 11 is 0. The maximum absolute atomic E-state index is 13.8. The minimum absolute atomic E-state index is 0.112. The summed E-state index contributed by atoms with van der Waals surface area (Å²) < 4.78 is 13.8. The van der Waals surface area contributed by atoms with Crippen LogP contribution in [0, 0.1) is 5.82 Å². The van der Waals surface area contributed by atoms with Crippen LogP contribution in [-0.2, 0) is 6.42 Å². The standard InChI is InChI=1S/C17H18FNO3/c18-16-12-14(21)6-7-15(16)17(22)19(10-11-20)9-8-13-4-2-1-3-5-13/h1-7,12,20-21H,8-11H2. The van der Waals surface area contributed by atoms with Crippen molar-refractivity contribution in [2.24, 2.45) is 0 Å². The predicted octanol–water partition coefficient (Wildman–Crippen LogP) is 2.21. The molecule has 0 spiro atoms. The summed E-state index contributed by atoms with van der Waals surface area (Å²) in [6, 6.07) is 13.0. The molecule has 0 aliphatic rings. The number of rotatable bonds is 6. The number of amides is 1. The molecular formula is C17H18FNO3. The van der Waals surface area contributed by atoms with E-state index in [1.807, 2.05) is 30.3 Å². The van der Waals surface area contributed by atoms with Crippen molar-refractivity contribution in [3.8, 4) is 5.75 Å². The average Bonchev–Trinajstić information content (AvgIpc) is 2.52. The van der Waals surface area contributed by atoms with Gasteiger partial charge in [0, 0.05) is 19.2 Å². The van der Waals surface area contributed by atoms with Crippen molar-refractivity contribution in [2.75, 3.05) is 19.7 Å². The maximum atomic E-state index is 13.8. The predicted molar refractivity (Wildman–Crippen MR) is 81.2 cm³/mol. The molecule has 0 aliphatic carbocycles. The minimum atomic E-state index is -0.771. The molecule has 4 nitrogen and oxygen atoms in total. The molecule has 22 heavy (non-hydrogen) atoms. The summed E-state index contributed by atoms with van der Waals surface area (Å²) in [5.41, 5.74) is 0.948. The second kappa shape index (κ2) is 7.56. The van der Waals surface area contributed by atoms with Crippen LogP contribution in [-0.4, -0.2) is 40.7 Å². The fraction of sp³-hybridized carbons (Fsp3) is 0.235. The molecule has 0 heterocycles. The third-order valence-corrected chi connectivity index (χ3v) is 3.35. The lowest BCUT2D eigenvalue weighted by Gasteiger charge is -2.22. The van der Waals surface area contributed by atoms with Gasteiger partial charge in [-0.2, -0.15) is 0 Å². The Balaban J connectivity index is 2.11. The quantitative estimate of drug-likeness (QED) is 0.860. The second-order valence-corrected chi connectivity index (χ2v) is 4.92. The van der Waals surface area contributed by atoms with Gasteiger partial charge in [0.1, 0.15) is 11.6 Å². The molecule has 0 saturated heterocycles. The molecule has 0 fully saturated rings. The Morgan fingerprint density at radius 2 is 1.82 bits per heavy atom. The first kappa shape index (κ1) is 16.0. The first-order chi connectivity index (χ1) is 10.6. The van der Waals surface area contributed by atoms with E-state index >= 15 is 0 Å². The van der Waals surface area contributed by atoms with Gasteiger partial charge in [-0.3, -0.25) is 4.79 Å². The molecule has 116 valence electrons. The fourth-order valence-electron chi connectivity index (χ4n) is 2.19. The number of hydrogen-bond acceptors (Lipinski definition) is 3. The smallest absolute Gasteiger partial charge is 0.256 e. The van der Waals surface area contributed by atoms with Gasteiger partial charge in [-0.1, -0.05) is 30.3 Å². The highest BCUT2D eigenvalue weighted by Gasteiger charge is 2.19. The highest BCUT2D eigenvalue weighted by atomic mass is 19.1. The number of nitrogens with zero attached hydrogens (tertiary/aromatic N) is 1. The topological polar surface area (TPSA) is 60.8 Å². The van der Waals surface area contributed by atoms with Crippen LogP contribution in [0.2, 0.25) is 0 Å². The largest absolute Gasteiger partial charge is 0.508 e. The van der Waals surface area contributed by atoms with Crippen LogP contribution in [0.15, 0.2) is 48.5 Å². The first-order valence-corrected chi connectivity index (χ1v) is 7.04. The molecule has 2 N–H and O–H groups in total. The molecule has 0 atom stereocenters. The van der Waals surface area contributed by atoms with E-state index in [-0.39, 0.29) is 24.5 Å². The normalized spacial score (nSPS) is 10.5. The van der Waals surface area contributed by atoms with Gasteiger partial charge in [0.2, 0.25) is 0 Å². The number of carbonyl (C=O) groups excluding carboxylic acids is 1. The number of aromatic hydroxyl groups is 1. The molecule has 0 bridgehead atoms. The van der Waals surface area contributed by atoms with Crippen molar-refractivity contribution in [1.29, 1.82) is 0 Å². The number of phenols is 1. The van der Waals surface area contributed by atoms with Gasteiger partial charge >= 0.3 is 0 Å². The summed E-state index contributed by atoms with van der Waals surface area (Å²) in [5, 5.41) is 18.3. The third kappa shape index (κ3) is 4.05. The molecule has 5 heteroatoms. The van der Waals surface area contributed by atoms with E-state index in [0.717, 1.165) is 11.6 Å². The minimum Gasteiger partial charge on any atom is -0.508 e. The van der Waals surface area contributed by atoms with Crippen LogP contribution in [0.1, 0.15) is 15.9 Å². The average molecular weight is 303 g/mol. The van der Waals surface area contributed by atoms with Gasteiger partial charge in [-0.25, -0.2) is 4.39 Å². The van der Waals surface area contributed by atoms with E-state index in [1.165, 1.54) is 17.0 Å². The summed E-state index contributed by atoms with van der Waals surface area (Å²) in [7, 11) is 0. The molecule has 0 unspecified atom stereocenters. The Morgan fingerprint density at radius 3 is 2.45 bits per heavy atom. The van der Waals surface area contributed by atoms with Crippen molar-refractivity contribution in [1.82, 2.24) is 4.90 Å². The molecule has 0 saturated carbocycles. The van der Waals surface area contributed by atoms with E-state index in [0.29, 0.717) is 13.0 Å². The Hall–Kier alpha value is -2.40. The zero-order valence-electron chi connectivity index (χ0n) is 12.1. The van der Waals surface area contributed by atoms with Gasteiger partial charge < -0.3 is 15.1 Å². The van der Waals surface area contributed by atoms with Gasteiger partial charge in [0.25, 0.3) is 5.91 Å². The molecule has 2 aromatic carbocycles. The van der Waals surface area contributed by atoms with Crippen molar-refractivity contribution in [2.45, 2.75) is 6.42 Å². The molecule has 0 radical (unpaired) electrons. The monoisotopic (exact) mass is 303 g/mol. The Labute approximate surface area is 128 Å². The number of halogens is 1. The number of carbonyl (C=O) groups is 1. The van der Waals surface area contributed by atoms with Crippen molar-refractivity contribution in [3.05, 3.63) is 65.5 Å². The number of phenolic OH excluding ortho intramolecular Hbond substituents is 1. The highest BCUT2D eigenvalue weighted by Crippen LogP contribution is 2.17. The van der Waals surface area contributed by atoms with Crippen molar-refractivity contribution >= 4 is 5.91 Å². The van der Waals surface area contributed by atoms with E-state index in [1.54, 1.807) is 0 Å². The first-order valence-electron chi connectivity index (χ1n) is 7.04. The van der Waals surface area contributed by atoms with Gasteiger partial charge in [-0.05, 0) is 24.1 Å². The lowest BCUT2D eigenvalue weighted by molar-refractivity contribution is 0.0719. The summed E-state index contributed by atoms with van der Waals surface area (Å²) in [5.74, 6) is -1.50. The lowest BCUT2D eigenvalue weighted by atomic mass is 10.1. The van der Waals surface area contributed by atoms with E-state index in [4.69, 9.17) is 5.11 Å². The van der Waals surface area contributed by atoms with Crippen LogP contribution in [0.4, 0.5) is 4.39 Å². The number of aliphatic hydroxyl groups is 1. The molecule has 2 rings (SSSR count). The highest BCUT2D eigenvalue weighted by molar-refractivity contribution is 5.94. The van der Waals surface area contributed by atoms with E-state index in [2.05, 4.69) is 0 Å². The van der Waals surface area contributed by atoms with Crippen LogP contribution in [0.25, 0.3) is 0 Å². The third-order valence-electron chi connectivity index (χ3n) is 3.35. The fourth-order valence-corrected chi connectivity index (χ4v) is 2.19. The van der Waals surface area contributed by atoms with Crippen LogP contribution >= 0.6 is 0 Å². The number of aliphatic hydroxyl groups excluding tert-OH is 1. The Bertz CT molecular complexity index is 631. The summed E-state index contributed by atoms with van der Waals surface area (Å²) in [6.07, 6.45) is 0.617. The van der Waals surface area contributed by atoms with Crippen LogP contribution < -0.4 is 0 Å². The van der Waals surface area contributed by atoms with Gasteiger partial charge in [-0.15, -0.1) is 0 Å². The second-order valence-electron chi connectivity index (χ2n) is 4.92. The zero-order chi connectivity index (χ0) is 15.9.